The molecule has 3 rings (SSSR count). The minimum absolute atomic E-state index is 0.248. The van der Waals surface area contributed by atoms with Crippen LogP contribution < -0.4 is 10.1 Å². The Labute approximate surface area is 172 Å². The van der Waals surface area contributed by atoms with Crippen molar-refractivity contribution in [3.8, 4) is 5.75 Å². The van der Waals surface area contributed by atoms with Crippen molar-refractivity contribution in [3.05, 3.63) is 60.2 Å². The number of nitrogens with zero attached hydrogens (tertiary/aromatic N) is 1. The Morgan fingerprint density at radius 2 is 1.83 bits per heavy atom. The molecule has 1 aliphatic rings. The number of piperidine rings is 1. The zero-order valence-corrected chi connectivity index (χ0v) is 17.5. The number of carbonyl (C=O) groups excluding carboxylic acids is 1. The highest BCUT2D eigenvalue weighted by molar-refractivity contribution is 7.89. The number of hydrogen-bond donors (Lipinski definition) is 1. The molecular weight excluding hydrogens is 388 g/mol. The summed E-state index contributed by atoms with van der Waals surface area (Å²) >= 11 is 0. The van der Waals surface area contributed by atoms with Gasteiger partial charge in [0.05, 0.1) is 12.0 Å². The second-order valence-electron chi connectivity index (χ2n) is 7.23. The fourth-order valence-electron chi connectivity index (χ4n) is 3.29. The lowest BCUT2D eigenvalue weighted by Gasteiger charge is -2.30. The van der Waals surface area contributed by atoms with Crippen LogP contribution in [0.4, 0.5) is 5.69 Å². The first-order chi connectivity index (χ1) is 13.9. The van der Waals surface area contributed by atoms with Crippen molar-refractivity contribution >= 4 is 27.7 Å². The van der Waals surface area contributed by atoms with Crippen LogP contribution in [0, 0.1) is 5.92 Å². The number of sulfonamides is 1. The van der Waals surface area contributed by atoms with E-state index in [9.17, 15) is 13.2 Å². The van der Waals surface area contributed by atoms with Gasteiger partial charge in [-0.3, -0.25) is 4.79 Å². The number of amides is 1. The van der Waals surface area contributed by atoms with Crippen LogP contribution in [0.3, 0.4) is 0 Å². The van der Waals surface area contributed by atoms with E-state index < -0.39 is 10.0 Å². The summed E-state index contributed by atoms with van der Waals surface area (Å²) in [7, 11) is -1.90. The molecule has 2 aromatic carbocycles. The molecule has 6 nitrogen and oxygen atoms in total. The third-order valence-corrected chi connectivity index (χ3v) is 6.80. The molecule has 1 saturated heterocycles. The van der Waals surface area contributed by atoms with Crippen LogP contribution in [0.1, 0.15) is 25.3 Å². The van der Waals surface area contributed by atoms with Gasteiger partial charge >= 0.3 is 0 Å². The van der Waals surface area contributed by atoms with E-state index in [0.29, 0.717) is 24.7 Å². The fraction of sp³-hybridized carbons (Fsp3) is 0.318. The maximum Gasteiger partial charge on any atom is 0.248 e. The highest BCUT2D eigenvalue weighted by atomic mass is 32.2. The van der Waals surface area contributed by atoms with Gasteiger partial charge in [-0.2, -0.15) is 4.31 Å². The summed E-state index contributed by atoms with van der Waals surface area (Å²) in [6.07, 6.45) is 5.07. The van der Waals surface area contributed by atoms with Crippen LogP contribution in [0.2, 0.25) is 0 Å². The van der Waals surface area contributed by atoms with E-state index in [1.54, 1.807) is 29.6 Å². The predicted octanol–water partition coefficient (Wildman–Crippen LogP) is 3.77. The molecule has 0 saturated carbocycles. The molecule has 0 aliphatic carbocycles. The van der Waals surface area contributed by atoms with Crippen molar-refractivity contribution in [1.29, 1.82) is 0 Å². The van der Waals surface area contributed by atoms with Crippen molar-refractivity contribution in [2.45, 2.75) is 24.7 Å². The van der Waals surface area contributed by atoms with E-state index in [1.165, 1.54) is 18.2 Å². The molecule has 154 valence electrons. The van der Waals surface area contributed by atoms with Gasteiger partial charge in [0.15, 0.2) is 0 Å². The SMILES string of the molecule is COc1ccc(/C=C/C(=O)Nc2ccc(S(=O)(=O)N3CCC[C@@H](C)C3)cc2)cc1. The van der Waals surface area contributed by atoms with E-state index in [0.717, 1.165) is 24.2 Å². The Morgan fingerprint density at radius 3 is 2.45 bits per heavy atom. The van der Waals surface area contributed by atoms with Gasteiger partial charge in [0.25, 0.3) is 0 Å². The Kier molecular flexibility index (Phi) is 6.71. The summed E-state index contributed by atoms with van der Waals surface area (Å²) in [6, 6.07) is 13.6. The Morgan fingerprint density at radius 1 is 1.14 bits per heavy atom. The molecule has 29 heavy (non-hydrogen) atoms. The summed E-state index contributed by atoms with van der Waals surface area (Å²) < 4.78 is 32.2. The van der Waals surface area contributed by atoms with Gasteiger partial charge in [0, 0.05) is 24.9 Å². The summed E-state index contributed by atoms with van der Waals surface area (Å²) in [5.74, 6) is 0.830. The molecule has 1 fully saturated rings. The average molecular weight is 415 g/mol. The van der Waals surface area contributed by atoms with Crippen molar-refractivity contribution in [2.75, 3.05) is 25.5 Å². The van der Waals surface area contributed by atoms with Crippen LogP contribution >= 0.6 is 0 Å². The molecule has 1 amide bonds. The zero-order valence-electron chi connectivity index (χ0n) is 16.7. The predicted molar refractivity (Wildman–Crippen MR) is 114 cm³/mol. The molecule has 2 aromatic rings. The van der Waals surface area contributed by atoms with Gasteiger partial charge in [-0.05, 0) is 66.8 Å². The first-order valence-electron chi connectivity index (χ1n) is 9.62. The standard InChI is InChI=1S/C22H26N2O4S/c1-17-4-3-15-24(16-17)29(26,27)21-12-8-19(9-13-21)23-22(25)14-7-18-5-10-20(28-2)11-6-18/h5-14,17H,3-4,15-16H2,1-2H3,(H,23,25)/b14-7+/t17-/m1/s1. The maximum absolute atomic E-state index is 12.8. The summed E-state index contributed by atoms with van der Waals surface area (Å²) in [6.45, 7) is 3.18. The van der Waals surface area contributed by atoms with E-state index >= 15 is 0 Å². The first-order valence-corrected chi connectivity index (χ1v) is 11.1. The fourth-order valence-corrected chi connectivity index (χ4v) is 4.89. The molecule has 1 N–H and O–H groups in total. The van der Waals surface area contributed by atoms with Crippen molar-refractivity contribution in [1.82, 2.24) is 4.31 Å². The largest absolute Gasteiger partial charge is 0.497 e. The molecule has 0 aromatic heterocycles. The van der Waals surface area contributed by atoms with Gasteiger partial charge in [0.2, 0.25) is 15.9 Å². The van der Waals surface area contributed by atoms with Crippen LogP contribution in [0.25, 0.3) is 6.08 Å². The molecule has 1 heterocycles. The van der Waals surface area contributed by atoms with E-state index in [-0.39, 0.29) is 10.8 Å². The number of ether oxygens (including phenoxy) is 1. The van der Waals surface area contributed by atoms with Crippen LogP contribution in [0.15, 0.2) is 59.5 Å². The van der Waals surface area contributed by atoms with Gasteiger partial charge in [0.1, 0.15) is 5.75 Å². The third-order valence-electron chi connectivity index (χ3n) is 4.92. The molecule has 0 bridgehead atoms. The highest BCUT2D eigenvalue weighted by Gasteiger charge is 2.28. The zero-order chi connectivity index (χ0) is 20.9. The second-order valence-corrected chi connectivity index (χ2v) is 9.17. The van der Waals surface area contributed by atoms with Crippen LogP contribution in [0.5, 0.6) is 5.75 Å². The number of hydrogen-bond acceptors (Lipinski definition) is 4. The number of nitrogens with one attached hydrogen (secondary N) is 1. The van der Waals surface area contributed by atoms with Gasteiger partial charge in [-0.25, -0.2) is 8.42 Å². The lowest BCUT2D eigenvalue weighted by atomic mass is 10.0. The third kappa shape index (κ3) is 5.46. The van der Waals surface area contributed by atoms with Crippen molar-refractivity contribution in [3.63, 3.8) is 0 Å². The number of rotatable bonds is 6. The summed E-state index contributed by atoms with van der Waals surface area (Å²) in [5.41, 5.74) is 1.42. The van der Waals surface area contributed by atoms with Gasteiger partial charge < -0.3 is 10.1 Å². The number of benzene rings is 2. The minimum atomic E-state index is -3.50. The monoisotopic (exact) mass is 414 g/mol. The second kappa shape index (κ2) is 9.24. The van der Waals surface area contributed by atoms with Gasteiger partial charge in [-0.15, -0.1) is 0 Å². The number of carbonyl (C=O) groups is 1. The average Bonchev–Trinajstić information content (AvgIpc) is 2.73. The maximum atomic E-state index is 12.8. The summed E-state index contributed by atoms with van der Waals surface area (Å²) in [4.78, 5) is 12.4. The first kappa shape index (κ1) is 21.1. The smallest absolute Gasteiger partial charge is 0.248 e. The van der Waals surface area contributed by atoms with E-state index in [4.69, 9.17) is 4.74 Å². The normalized spacial score (nSPS) is 17.9. The number of methoxy groups -OCH3 is 1. The van der Waals surface area contributed by atoms with Crippen LogP contribution in [-0.4, -0.2) is 38.8 Å². The molecule has 1 atom stereocenters. The molecule has 1 aliphatic heterocycles. The Hall–Kier alpha value is -2.64. The Bertz CT molecular complexity index is 967. The number of anilines is 1. The van der Waals surface area contributed by atoms with Crippen molar-refractivity contribution < 1.29 is 17.9 Å². The molecule has 7 heteroatoms. The molecule has 0 radical (unpaired) electrons. The summed E-state index contributed by atoms with van der Waals surface area (Å²) in [5, 5.41) is 2.74. The lowest BCUT2D eigenvalue weighted by Crippen LogP contribution is -2.39. The lowest BCUT2D eigenvalue weighted by molar-refractivity contribution is -0.111. The van der Waals surface area contributed by atoms with E-state index in [2.05, 4.69) is 12.2 Å². The van der Waals surface area contributed by atoms with Gasteiger partial charge in [-0.1, -0.05) is 19.1 Å². The topological polar surface area (TPSA) is 75.7 Å². The molecular formula is C22H26N2O4S. The van der Waals surface area contributed by atoms with Crippen LogP contribution in [-0.2, 0) is 14.8 Å². The molecule has 0 spiro atoms. The van der Waals surface area contributed by atoms with Crippen molar-refractivity contribution in [2.24, 2.45) is 5.92 Å². The molecule has 0 unspecified atom stereocenters. The van der Waals surface area contributed by atoms with E-state index in [1.807, 2.05) is 24.3 Å². The minimum Gasteiger partial charge on any atom is -0.497 e. The highest BCUT2D eigenvalue weighted by Crippen LogP contribution is 2.24. The quantitative estimate of drug-likeness (QED) is 0.730. The Balaban J connectivity index is 1.62.